The van der Waals surface area contributed by atoms with Gasteiger partial charge in [-0.2, -0.15) is 13.2 Å². The lowest BCUT2D eigenvalue weighted by molar-refractivity contribution is -0.0328. The zero-order chi connectivity index (χ0) is 11.5. The number of thioether (sulfide) groups is 1. The molecule has 2 nitrogen and oxygen atoms in total. The first kappa shape index (κ1) is 11.9. The molecule has 0 saturated carbocycles. The summed E-state index contributed by atoms with van der Waals surface area (Å²) in [5, 5.41) is 0. The molecule has 0 bridgehead atoms. The first-order valence-electron chi connectivity index (χ1n) is 3.74. The molecule has 0 N–H and O–H groups in total. The van der Waals surface area contributed by atoms with Crippen LogP contribution < -0.4 is 0 Å². The number of halogens is 3. The van der Waals surface area contributed by atoms with Crippen LogP contribution in [0.1, 0.15) is 10.4 Å². The van der Waals surface area contributed by atoms with Crippen molar-refractivity contribution in [3.8, 4) is 0 Å². The van der Waals surface area contributed by atoms with Gasteiger partial charge in [0.25, 0.3) is 0 Å². The second kappa shape index (κ2) is 4.57. The minimum atomic E-state index is -4.37. The second-order valence-electron chi connectivity index (χ2n) is 2.51. The van der Waals surface area contributed by atoms with Gasteiger partial charge in [-0.1, -0.05) is 6.07 Å². The summed E-state index contributed by atoms with van der Waals surface area (Å²) in [6.45, 7) is 0. The largest absolute Gasteiger partial charge is 0.458 e. The van der Waals surface area contributed by atoms with Gasteiger partial charge in [0.05, 0.1) is 5.56 Å². The quantitative estimate of drug-likeness (QED) is 0.581. The van der Waals surface area contributed by atoms with E-state index in [1.807, 2.05) is 0 Å². The lowest BCUT2D eigenvalue weighted by Gasteiger charge is -2.06. The molecule has 0 heterocycles. The predicted molar refractivity (Wildman–Crippen MR) is 49.1 cm³/mol. The van der Waals surface area contributed by atoms with E-state index in [9.17, 15) is 18.0 Å². The van der Waals surface area contributed by atoms with Gasteiger partial charge in [0.1, 0.15) is 7.11 Å². The fraction of sp³-hybridized carbons (Fsp3) is 0.111. The van der Waals surface area contributed by atoms with Crippen LogP contribution in [0, 0.1) is 7.11 Å². The Bertz CT molecular complexity index is 363. The predicted octanol–water partition coefficient (Wildman–Crippen LogP) is 3.25. The van der Waals surface area contributed by atoms with Gasteiger partial charge >= 0.3 is 11.5 Å². The van der Waals surface area contributed by atoms with E-state index in [0.29, 0.717) is 0 Å². The van der Waals surface area contributed by atoms with Crippen molar-refractivity contribution >= 4 is 17.7 Å². The molecule has 0 aliphatic rings. The second-order valence-corrected chi connectivity index (χ2v) is 3.65. The van der Waals surface area contributed by atoms with Crippen molar-refractivity contribution in [2.45, 2.75) is 10.4 Å². The van der Waals surface area contributed by atoms with E-state index in [1.165, 1.54) is 18.2 Å². The summed E-state index contributed by atoms with van der Waals surface area (Å²) in [6, 6.07) is 5.07. The molecule has 81 valence electrons. The number of rotatable bonds is 2. The number of alkyl halides is 3. The monoisotopic (exact) mass is 235 g/mol. The maximum atomic E-state index is 12.0. The number of benzene rings is 1. The van der Waals surface area contributed by atoms with Crippen molar-refractivity contribution in [1.29, 1.82) is 0 Å². The van der Waals surface area contributed by atoms with E-state index in [1.54, 1.807) is 0 Å². The minimum Gasteiger partial charge on any atom is -0.458 e. The first-order valence-corrected chi connectivity index (χ1v) is 4.56. The number of hydrogen-bond donors (Lipinski definition) is 0. The van der Waals surface area contributed by atoms with Crippen LogP contribution in [0.5, 0.6) is 0 Å². The zero-order valence-electron chi connectivity index (χ0n) is 7.38. The molecule has 6 heteroatoms. The summed E-state index contributed by atoms with van der Waals surface area (Å²) >= 11 is -0.285. The molecular weight excluding hydrogens is 229 g/mol. The SMILES string of the molecule is [CH2]OC(=O)c1cccc(SC(F)(F)F)c1. The Balaban J connectivity index is 2.88. The summed E-state index contributed by atoms with van der Waals surface area (Å²) in [6.07, 6.45) is 0. The van der Waals surface area contributed by atoms with Gasteiger partial charge in [0.2, 0.25) is 0 Å². The third-order valence-corrected chi connectivity index (χ3v) is 2.16. The van der Waals surface area contributed by atoms with Crippen LogP contribution in [-0.4, -0.2) is 11.5 Å². The van der Waals surface area contributed by atoms with E-state index in [0.717, 1.165) is 6.07 Å². The highest BCUT2D eigenvalue weighted by atomic mass is 32.2. The summed E-state index contributed by atoms with van der Waals surface area (Å²) in [5.74, 6) is -0.764. The zero-order valence-corrected chi connectivity index (χ0v) is 8.19. The van der Waals surface area contributed by atoms with Gasteiger partial charge in [-0.05, 0) is 30.0 Å². The third kappa shape index (κ3) is 3.83. The third-order valence-electron chi connectivity index (χ3n) is 1.43. The smallest absolute Gasteiger partial charge is 0.446 e. The standard InChI is InChI=1S/C9H6F3O2S/c1-14-8(13)6-3-2-4-7(5-6)15-9(10,11)12/h2-5H,1H2. The van der Waals surface area contributed by atoms with E-state index in [-0.39, 0.29) is 22.2 Å². The van der Waals surface area contributed by atoms with Crippen LogP contribution in [0.2, 0.25) is 0 Å². The number of carbonyl (C=O) groups excluding carboxylic acids is 1. The lowest BCUT2D eigenvalue weighted by atomic mass is 10.2. The van der Waals surface area contributed by atoms with E-state index < -0.39 is 11.5 Å². The van der Waals surface area contributed by atoms with Gasteiger partial charge in [0, 0.05) is 4.90 Å². The van der Waals surface area contributed by atoms with Gasteiger partial charge < -0.3 is 4.74 Å². The van der Waals surface area contributed by atoms with Crippen molar-refractivity contribution in [2.75, 3.05) is 0 Å². The van der Waals surface area contributed by atoms with Crippen molar-refractivity contribution < 1.29 is 22.7 Å². The minimum absolute atomic E-state index is 0.0410. The molecule has 0 aliphatic heterocycles. The number of hydrogen-bond acceptors (Lipinski definition) is 3. The van der Waals surface area contributed by atoms with E-state index in [4.69, 9.17) is 0 Å². The molecule has 15 heavy (non-hydrogen) atoms. The van der Waals surface area contributed by atoms with Crippen molar-refractivity contribution in [2.24, 2.45) is 0 Å². The summed E-state index contributed by atoms with van der Waals surface area (Å²) in [5.41, 5.74) is -4.33. The van der Waals surface area contributed by atoms with Crippen LogP contribution in [0.15, 0.2) is 29.2 Å². The Kier molecular flexibility index (Phi) is 3.62. The van der Waals surface area contributed by atoms with Crippen LogP contribution in [0.25, 0.3) is 0 Å². The molecule has 0 atom stereocenters. The van der Waals surface area contributed by atoms with Gasteiger partial charge in [-0.15, -0.1) is 0 Å². The average molecular weight is 235 g/mol. The first-order chi connectivity index (χ1) is 6.92. The average Bonchev–Trinajstić information content (AvgIpc) is 2.14. The van der Waals surface area contributed by atoms with Gasteiger partial charge in [-0.3, -0.25) is 0 Å². The van der Waals surface area contributed by atoms with Crippen LogP contribution in [0.3, 0.4) is 0 Å². The Labute approximate surface area is 88.4 Å². The molecule has 1 aromatic rings. The van der Waals surface area contributed by atoms with Crippen molar-refractivity contribution in [3.05, 3.63) is 36.9 Å². The topological polar surface area (TPSA) is 26.3 Å². The molecule has 0 aromatic heterocycles. The highest BCUT2D eigenvalue weighted by Crippen LogP contribution is 2.36. The normalized spacial score (nSPS) is 11.2. The molecule has 0 unspecified atom stereocenters. The summed E-state index contributed by atoms with van der Waals surface area (Å²) in [7, 11) is 2.89. The maximum Gasteiger partial charge on any atom is 0.446 e. The fourth-order valence-corrected chi connectivity index (χ4v) is 1.50. The molecule has 0 spiro atoms. The summed E-state index contributed by atoms with van der Waals surface area (Å²) in [4.78, 5) is 10.9. The molecule has 0 saturated heterocycles. The van der Waals surface area contributed by atoms with Crippen LogP contribution >= 0.6 is 11.8 Å². The molecule has 1 rings (SSSR count). The molecule has 0 aliphatic carbocycles. The highest BCUT2D eigenvalue weighted by molar-refractivity contribution is 8.00. The van der Waals surface area contributed by atoms with Crippen molar-refractivity contribution in [3.63, 3.8) is 0 Å². The molecule has 0 amide bonds. The van der Waals surface area contributed by atoms with Gasteiger partial charge in [-0.25, -0.2) is 4.79 Å². The Morgan fingerprint density at radius 1 is 1.40 bits per heavy atom. The van der Waals surface area contributed by atoms with Crippen LogP contribution in [0.4, 0.5) is 13.2 Å². The molecule has 0 fully saturated rings. The highest BCUT2D eigenvalue weighted by Gasteiger charge is 2.29. The number of ether oxygens (including phenoxy) is 1. The van der Waals surface area contributed by atoms with E-state index >= 15 is 0 Å². The Morgan fingerprint density at radius 2 is 2.07 bits per heavy atom. The lowest BCUT2D eigenvalue weighted by Crippen LogP contribution is -2.02. The van der Waals surface area contributed by atoms with Crippen LogP contribution in [-0.2, 0) is 4.74 Å². The Morgan fingerprint density at radius 3 is 2.60 bits per heavy atom. The van der Waals surface area contributed by atoms with E-state index in [2.05, 4.69) is 11.8 Å². The summed E-state index contributed by atoms with van der Waals surface area (Å²) < 4.78 is 40.1. The fourth-order valence-electron chi connectivity index (χ4n) is 0.904. The number of esters is 1. The number of carbonyl (C=O) groups is 1. The van der Waals surface area contributed by atoms with Crippen molar-refractivity contribution in [1.82, 2.24) is 0 Å². The molecular formula is C9H6F3O2S. The maximum absolute atomic E-state index is 12.0. The molecule has 1 aromatic carbocycles. The van der Waals surface area contributed by atoms with Gasteiger partial charge in [0.15, 0.2) is 0 Å². The Hall–Kier alpha value is -1.17. The molecule has 1 radical (unpaired) electrons.